The molecule has 2 aromatic carbocycles. The number of amides is 3. The summed E-state index contributed by atoms with van der Waals surface area (Å²) in [7, 11) is 1.25. The molecule has 0 aliphatic carbocycles. The number of halogens is 4. The van der Waals surface area contributed by atoms with E-state index in [0.717, 1.165) is 12.4 Å². The maximum Gasteiger partial charge on any atom is 0.417 e. The third kappa shape index (κ3) is 6.60. The van der Waals surface area contributed by atoms with Crippen LogP contribution in [0.1, 0.15) is 16.2 Å². The van der Waals surface area contributed by atoms with Gasteiger partial charge in [0.25, 0.3) is 0 Å². The van der Waals surface area contributed by atoms with Crippen molar-refractivity contribution in [3.05, 3.63) is 64.7 Å². The Bertz CT molecular complexity index is 1180. The number of nitrogens with zero attached hydrogens (tertiary/aromatic N) is 3. The number of anilines is 2. The maximum atomic E-state index is 13.0. The lowest BCUT2D eigenvalue weighted by Gasteiger charge is -2.13. The molecule has 3 aromatic rings. The Hall–Kier alpha value is -3.78. The molecule has 0 unspecified atom stereocenters. The number of hydrogen-bond donors (Lipinski definition) is 3. The van der Waals surface area contributed by atoms with Gasteiger partial charge < -0.3 is 15.4 Å². The number of rotatable bonds is 6. The van der Waals surface area contributed by atoms with Gasteiger partial charge in [0.15, 0.2) is 0 Å². The van der Waals surface area contributed by atoms with Gasteiger partial charge in [-0.05, 0) is 30.3 Å². The third-order valence-corrected chi connectivity index (χ3v) is 4.47. The number of carbonyl (C=O) groups is 2. The lowest BCUT2D eigenvalue weighted by Crippen LogP contribution is -2.24. The molecule has 3 amide bonds. The molecule has 0 saturated carbocycles. The largest absolute Gasteiger partial charge is 0.424 e. The number of hydrogen-bond acceptors (Lipinski definition) is 7. The summed E-state index contributed by atoms with van der Waals surface area (Å²) >= 11 is 2.84. The van der Waals surface area contributed by atoms with Gasteiger partial charge in [-0.15, -0.1) is 0 Å². The van der Waals surface area contributed by atoms with Gasteiger partial charge in [0.1, 0.15) is 12.1 Å². The molecule has 0 fully saturated rings. The van der Waals surface area contributed by atoms with Crippen LogP contribution in [0.25, 0.3) is 0 Å². The number of benzene rings is 2. The zero-order valence-electron chi connectivity index (χ0n) is 16.6. The summed E-state index contributed by atoms with van der Waals surface area (Å²) in [6.07, 6.45) is -3.52. The van der Waals surface area contributed by atoms with Crippen LogP contribution in [0.2, 0.25) is 0 Å². The van der Waals surface area contributed by atoms with E-state index in [1.165, 1.54) is 37.4 Å². The number of urea groups is 1. The van der Waals surface area contributed by atoms with Crippen molar-refractivity contribution in [3.63, 3.8) is 0 Å². The second-order valence-corrected chi connectivity index (χ2v) is 6.98. The fourth-order valence-corrected chi connectivity index (χ4v) is 2.91. The Labute approximate surface area is 192 Å². The predicted octanol–water partition coefficient (Wildman–Crippen LogP) is 4.38. The van der Waals surface area contributed by atoms with Crippen LogP contribution in [0.3, 0.4) is 0 Å². The summed E-state index contributed by atoms with van der Waals surface area (Å²) in [5.41, 5.74) is 1.34. The van der Waals surface area contributed by atoms with Crippen LogP contribution in [0.4, 0.5) is 29.3 Å². The topological polar surface area (TPSA) is 127 Å². The number of alkyl halides is 3. The molecule has 1 aromatic heterocycles. The molecule has 0 atom stereocenters. The van der Waals surface area contributed by atoms with E-state index in [4.69, 9.17) is 4.74 Å². The molecule has 1 heterocycles. The molecule has 3 N–H and O–H groups in total. The summed E-state index contributed by atoms with van der Waals surface area (Å²) in [5, 5.41) is 4.81. The van der Waals surface area contributed by atoms with E-state index < -0.39 is 23.7 Å². The minimum atomic E-state index is -4.59. The first-order valence-electron chi connectivity index (χ1n) is 8.91. The molecule has 0 spiro atoms. The van der Waals surface area contributed by atoms with Crippen molar-refractivity contribution in [2.24, 2.45) is 0 Å². The number of nitrogens with one attached hydrogen (secondary N) is 3. The standard InChI is InChI=1S/C19H14BrF3N6O4/c1-32-29-16(30)15-24-9-25-18(28-15)33-12-4-2-3-10(7-12)26-17(31)27-11-5-6-14(20)13(8-11)19(21,22)23/h2-9H,1H3,(H,29,30)(H2,26,27,31). The quantitative estimate of drug-likeness (QED) is 0.406. The predicted molar refractivity (Wildman–Crippen MR) is 113 cm³/mol. The van der Waals surface area contributed by atoms with Crippen LogP contribution in [0.5, 0.6) is 11.8 Å². The Balaban J connectivity index is 1.68. The van der Waals surface area contributed by atoms with Gasteiger partial charge >= 0.3 is 24.1 Å². The van der Waals surface area contributed by atoms with Gasteiger partial charge in [0, 0.05) is 21.9 Å². The smallest absolute Gasteiger partial charge is 0.417 e. The molecular formula is C19H14BrF3N6O4. The molecule has 0 saturated heterocycles. The molecule has 3 rings (SSSR count). The normalized spacial score (nSPS) is 10.9. The number of carbonyl (C=O) groups excluding carboxylic acids is 2. The van der Waals surface area contributed by atoms with Gasteiger partial charge in [0.05, 0.1) is 12.7 Å². The van der Waals surface area contributed by atoms with E-state index in [-0.39, 0.29) is 33.4 Å². The van der Waals surface area contributed by atoms with Gasteiger partial charge in [0.2, 0.25) is 5.82 Å². The first-order chi connectivity index (χ1) is 15.7. The first-order valence-corrected chi connectivity index (χ1v) is 9.70. The van der Waals surface area contributed by atoms with Crippen LogP contribution < -0.4 is 20.9 Å². The Morgan fingerprint density at radius 1 is 1.03 bits per heavy atom. The number of ether oxygens (including phenoxy) is 1. The van der Waals surface area contributed by atoms with Crippen molar-refractivity contribution in [2.45, 2.75) is 6.18 Å². The monoisotopic (exact) mass is 526 g/mol. The van der Waals surface area contributed by atoms with Crippen molar-refractivity contribution in [2.75, 3.05) is 17.7 Å². The van der Waals surface area contributed by atoms with E-state index >= 15 is 0 Å². The lowest BCUT2D eigenvalue weighted by atomic mass is 10.2. The van der Waals surface area contributed by atoms with E-state index in [2.05, 4.69) is 51.8 Å². The Kier molecular flexibility index (Phi) is 7.40. The van der Waals surface area contributed by atoms with Crippen molar-refractivity contribution in [1.82, 2.24) is 20.4 Å². The highest BCUT2D eigenvalue weighted by Crippen LogP contribution is 2.36. The van der Waals surface area contributed by atoms with E-state index in [1.807, 2.05) is 0 Å². The first kappa shape index (κ1) is 23.9. The van der Waals surface area contributed by atoms with Gasteiger partial charge in [-0.25, -0.2) is 15.3 Å². The fourth-order valence-electron chi connectivity index (χ4n) is 2.43. The van der Waals surface area contributed by atoms with E-state index in [0.29, 0.717) is 0 Å². The van der Waals surface area contributed by atoms with Crippen molar-refractivity contribution in [3.8, 4) is 11.8 Å². The second-order valence-electron chi connectivity index (χ2n) is 6.13. The van der Waals surface area contributed by atoms with Crippen molar-refractivity contribution >= 4 is 39.2 Å². The molecule has 14 heteroatoms. The molecule has 0 aliphatic heterocycles. The highest BCUT2D eigenvalue weighted by Gasteiger charge is 2.33. The number of hydroxylamine groups is 1. The van der Waals surface area contributed by atoms with Crippen molar-refractivity contribution in [1.29, 1.82) is 0 Å². The third-order valence-electron chi connectivity index (χ3n) is 3.78. The minimum Gasteiger partial charge on any atom is -0.424 e. The number of aromatic nitrogens is 3. The van der Waals surface area contributed by atoms with Crippen LogP contribution in [-0.2, 0) is 11.0 Å². The van der Waals surface area contributed by atoms with Gasteiger partial charge in [-0.3, -0.25) is 9.63 Å². The summed E-state index contributed by atoms with van der Waals surface area (Å²) in [4.78, 5) is 39.8. The summed E-state index contributed by atoms with van der Waals surface area (Å²) in [5.74, 6) is -0.748. The molecule has 0 aliphatic rings. The second kappa shape index (κ2) is 10.2. The lowest BCUT2D eigenvalue weighted by molar-refractivity contribution is -0.138. The minimum absolute atomic E-state index is 0.0533. The zero-order chi connectivity index (χ0) is 24.0. The SMILES string of the molecule is CONC(=O)c1ncnc(Oc2cccc(NC(=O)Nc3ccc(Br)c(C(F)(F)F)c3)c2)n1. The Morgan fingerprint density at radius 2 is 1.76 bits per heavy atom. The summed E-state index contributed by atoms with van der Waals surface area (Å²) in [6.45, 7) is 0. The van der Waals surface area contributed by atoms with Gasteiger partial charge in [-0.2, -0.15) is 23.1 Å². The van der Waals surface area contributed by atoms with Crippen molar-refractivity contribution < 1.29 is 32.3 Å². The molecule has 33 heavy (non-hydrogen) atoms. The van der Waals surface area contributed by atoms with Gasteiger partial charge in [-0.1, -0.05) is 22.0 Å². The average Bonchev–Trinajstić information content (AvgIpc) is 2.75. The Morgan fingerprint density at radius 3 is 2.45 bits per heavy atom. The van der Waals surface area contributed by atoms with Crippen LogP contribution in [-0.4, -0.2) is 34.0 Å². The maximum absolute atomic E-state index is 13.0. The highest BCUT2D eigenvalue weighted by molar-refractivity contribution is 9.10. The summed E-state index contributed by atoms with van der Waals surface area (Å²) in [6, 6.07) is 8.36. The zero-order valence-corrected chi connectivity index (χ0v) is 18.2. The average molecular weight is 527 g/mol. The molecular weight excluding hydrogens is 513 g/mol. The van der Waals surface area contributed by atoms with E-state index in [9.17, 15) is 22.8 Å². The fraction of sp³-hybridized carbons (Fsp3) is 0.105. The molecule has 10 nitrogen and oxygen atoms in total. The highest BCUT2D eigenvalue weighted by atomic mass is 79.9. The van der Waals surface area contributed by atoms with E-state index in [1.54, 1.807) is 6.07 Å². The molecule has 172 valence electrons. The molecule has 0 bridgehead atoms. The van der Waals surface area contributed by atoms with Crippen LogP contribution in [0.15, 0.2) is 53.3 Å². The molecule has 0 radical (unpaired) electrons. The van der Waals surface area contributed by atoms with Crippen LogP contribution >= 0.6 is 15.9 Å². The van der Waals surface area contributed by atoms with Crippen LogP contribution in [0, 0.1) is 0 Å². The summed E-state index contributed by atoms with van der Waals surface area (Å²) < 4.78 is 44.4.